The normalized spacial score (nSPS) is 11.8. The van der Waals surface area contributed by atoms with Crippen molar-refractivity contribution >= 4 is 11.8 Å². The number of pyridine rings is 2. The van der Waals surface area contributed by atoms with Crippen molar-refractivity contribution in [2.75, 3.05) is 5.32 Å². The molecule has 0 atom stereocenters. The van der Waals surface area contributed by atoms with Crippen molar-refractivity contribution < 1.29 is 13.2 Å². The molecule has 0 saturated carbocycles. The number of hydrogen-bond donors (Lipinski definition) is 1. The predicted octanol–water partition coefficient (Wildman–Crippen LogP) is 4.16. The summed E-state index contributed by atoms with van der Waals surface area (Å²) in [4.78, 5) is 12.3. The van der Waals surface area contributed by atoms with Crippen LogP contribution in [-0.4, -0.2) is 24.7 Å². The first-order chi connectivity index (χ1) is 12.3. The van der Waals surface area contributed by atoms with Crippen LogP contribution in [-0.2, 0) is 13.2 Å². The SMILES string of the molecule is CC(C)c1cnc(Nc2nc(-c3ccccn3)n(C)n2)c(C(F)(F)F)c1. The van der Waals surface area contributed by atoms with E-state index in [2.05, 4.69) is 25.4 Å². The largest absolute Gasteiger partial charge is 0.419 e. The summed E-state index contributed by atoms with van der Waals surface area (Å²) < 4.78 is 41.7. The van der Waals surface area contributed by atoms with Gasteiger partial charge in [-0.2, -0.15) is 18.2 Å². The maximum atomic E-state index is 13.4. The summed E-state index contributed by atoms with van der Waals surface area (Å²) in [6.07, 6.45) is -1.52. The molecule has 3 rings (SSSR count). The van der Waals surface area contributed by atoms with Crippen LogP contribution in [0.3, 0.4) is 0 Å². The van der Waals surface area contributed by atoms with Crippen LogP contribution in [0.15, 0.2) is 36.7 Å². The molecule has 26 heavy (non-hydrogen) atoms. The molecule has 0 aliphatic carbocycles. The number of anilines is 2. The van der Waals surface area contributed by atoms with E-state index in [4.69, 9.17) is 0 Å². The van der Waals surface area contributed by atoms with Crippen molar-refractivity contribution in [1.29, 1.82) is 0 Å². The van der Waals surface area contributed by atoms with E-state index in [0.717, 1.165) is 6.07 Å². The van der Waals surface area contributed by atoms with E-state index in [9.17, 15) is 13.2 Å². The Hall–Kier alpha value is -2.97. The third-order valence-electron chi connectivity index (χ3n) is 3.77. The lowest BCUT2D eigenvalue weighted by atomic mass is 10.0. The van der Waals surface area contributed by atoms with Gasteiger partial charge in [0.2, 0.25) is 5.95 Å². The molecule has 0 saturated heterocycles. The van der Waals surface area contributed by atoms with Gasteiger partial charge in [0.25, 0.3) is 0 Å². The van der Waals surface area contributed by atoms with Crippen LogP contribution in [0, 0.1) is 0 Å². The third-order valence-corrected chi connectivity index (χ3v) is 3.77. The third kappa shape index (κ3) is 3.66. The maximum absolute atomic E-state index is 13.4. The van der Waals surface area contributed by atoms with Crippen LogP contribution < -0.4 is 5.32 Å². The molecule has 0 amide bonds. The molecule has 6 nitrogen and oxygen atoms in total. The molecule has 3 aromatic heterocycles. The van der Waals surface area contributed by atoms with Gasteiger partial charge in [-0.05, 0) is 29.7 Å². The van der Waals surface area contributed by atoms with Crippen molar-refractivity contribution in [2.24, 2.45) is 7.05 Å². The summed E-state index contributed by atoms with van der Waals surface area (Å²) in [5, 5.41) is 6.68. The van der Waals surface area contributed by atoms with Gasteiger partial charge in [-0.3, -0.25) is 4.98 Å². The second-order valence-electron chi connectivity index (χ2n) is 6.04. The quantitative estimate of drug-likeness (QED) is 0.755. The monoisotopic (exact) mass is 362 g/mol. The molecule has 1 N–H and O–H groups in total. The lowest BCUT2D eigenvalue weighted by Crippen LogP contribution is -2.12. The van der Waals surface area contributed by atoms with E-state index in [1.54, 1.807) is 31.4 Å². The summed E-state index contributed by atoms with van der Waals surface area (Å²) in [5.74, 6) is 0.0466. The second kappa shape index (κ2) is 6.74. The van der Waals surface area contributed by atoms with Crippen molar-refractivity contribution in [3.8, 4) is 11.5 Å². The molecule has 0 unspecified atom stereocenters. The van der Waals surface area contributed by atoms with Gasteiger partial charge in [0.05, 0.1) is 5.56 Å². The Bertz CT molecular complexity index is 903. The molecule has 3 aromatic rings. The van der Waals surface area contributed by atoms with Crippen molar-refractivity contribution in [3.63, 3.8) is 0 Å². The number of alkyl halides is 3. The smallest absolute Gasteiger partial charge is 0.307 e. The summed E-state index contributed by atoms with van der Waals surface area (Å²) in [6.45, 7) is 3.62. The lowest BCUT2D eigenvalue weighted by Gasteiger charge is -2.14. The molecular formula is C17H17F3N6. The molecule has 0 bridgehead atoms. The summed E-state index contributed by atoms with van der Waals surface area (Å²) in [7, 11) is 1.64. The van der Waals surface area contributed by atoms with Crippen LogP contribution in [0.1, 0.15) is 30.9 Å². The summed E-state index contributed by atoms with van der Waals surface area (Å²) in [6, 6.07) is 6.39. The van der Waals surface area contributed by atoms with Crippen molar-refractivity contribution in [1.82, 2.24) is 24.7 Å². The standard InChI is InChI=1S/C17H17F3N6/c1-10(2)11-8-12(17(18,19)20)14(22-9-11)23-16-24-15(26(3)25-16)13-6-4-5-7-21-13/h4-10H,1-3H3,(H,22,23,25). The first-order valence-corrected chi connectivity index (χ1v) is 7.92. The number of hydrogen-bond acceptors (Lipinski definition) is 5. The van der Waals surface area contributed by atoms with E-state index >= 15 is 0 Å². The van der Waals surface area contributed by atoms with E-state index in [1.807, 2.05) is 13.8 Å². The first kappa shape index (κ1) is 17.8. The van der Waals surface area contributed by atoms with Crippen LogP contribution in [0.5, 0.6) is 0 Å². The van der Waals surface area contributed by atoms with Gasteiger partial charge in [-0.15, -0.1) is 5.10 Å². The summed E-state index contributed by atoms with van der Waals surface area (Å²) >= 11 is 0. The van der Waals surface area contributed by atoms with E-state index in [-0.39, 0.29) is 17.7 Å². The minimum absolute atomic E-state index is 0.0171. The fourth-order valence-corrected chi connectivity index (χ4v) is 2.37. The van der Waals surface area contributed by atoms with Gasteiger partial charge < -0.3 is 5.32 Å². The van der Waals surface area contributed by atoms with Gasteiger partial charge in [-0.25, -0.2) is 9.67 Å². The lowest BCUT2D eigenvalue weighted by molar-refractivity contribution is -0.137. The molecule has 0 fully saturated rings. The van der Waals surface area contributed by atoms with Crippen LogP contribution in [0.4, 0.5) is 24.9 Å². The van der Waals surface area contributed by atoms with Gasteiger partial charge in [-0.1, -0.05) is 19.9 Å². The molecule has 9 heteroatoms. The molecule has 0 radical (unpaired) electrons. The van der Waals surface area contributed by atoms with Gasteiger partial charge >= 0.3 is 6.18 Å². The molecular weight excluding hydrogens is 345 g/mol. The van der Waals surface area contributed by atoms with E-state index in [1.165, 1.54) is 10.9 Å². The summed E-state index contributed by atoms with van der Waals surface area (Å²) in [5.41, 5.74) is 0.219. The zero-order valence-electron chi connectivity index (χ0n) is 14.4. The van der Waals surface area contributed by atoms with Crippen LogP contribution in [0.2, 0.25) is 0 Å². The van der Waals surface area contributed by atoms with Gasteiger partial charge in [0.1, 0.15) is 11.5 Å². The molecule has 0 spiro atoms. The number of rotatable bonds is 4. The van der Waals surface area contributed by atoms with Crippen molar-refractivity contribution in [2.45, 2.75) is 25.9 Å². The van der Waals surface area contributed by atoms with Crippen LogP contribution >= 0.6 is 0 Å². The average Bonchev–Trinajstić information content (AvgIpc) is 2.95. The van der Waals surface area contributed by atoms with E-state index in [0.29, 0.717) is 17.1 Å². The molecule has 0 aromatic carbocycles. The Balaban J connectivity index is 1.97. The number of aryl methyl sites for hydroxylation is 1. The number of nitrogens with one attached hydrogen (secondary N) is 1. The first-order valence-electron chi connectivity index (χ1n) is 7.92. The molecule has 3 heterocycles. The van der Waals surface area contributed by atoms with Crippen molar-refractivity contribution in [3.05, 3.63) is 47.8 Å². The molecule has 0 aliphatic heterocycles. The second-order valence-corrected chi connectivity index (χ2v) is 6.04. The van der Waals surface area contributed by atoms with E-state index < -0.39 is 11.7 Å². The zero-order chi connectivity index (χ0) is 18.9. The minimum atomic E-state index is -4.54. The topological polar surface area (TPSA) is 68.5 Å². The van der Waals surface area contributed by atoms with Gasteiger partial charge in [0, 0.05) is 19.4 Å². The Labute approximate surface area is 148 Å². The molecule has 0 aliphatic rings. The Morgan fingerprint density at radius 1 is 1.15 bits per heavy atom. The van der Waals surface area contributed by atoms with Gasteiger partial charge in [0.15, 0.2) is 5.82 Å². The fourth-order valence-electron chi connectivity index (χ4n) is 2.37. The number of nitrogens with zero attached hydrogens (tertiary/aromatic N) is 5. The Morgan fingerprint density at radius 2 is 1.92 bits per heavy atom. The number of aromatic nitrogens is 5. The highest BCUT2D eigenvalue weighted by Crippen LogP contribution is 2.36. The molecule has 136 valence electrons. The highest BCUT2D eigenvalue weighted by atomic mass is 19.4. The minimum Gasteiger partial charge on any atom is -0.307 e. The average molecular weight is 362 g/mol. The zero-order valence-corrected chi connectivity index (χ0v) is 14.4. The highest BCUT2D eigenvalue weighted by Gasteiger charge is 2.35. The predicted molar refractivity (Wildman–Crippen MR) is 90.8 cm³/mol. The maximum Gasteiger partial charge on any atom is 0.419 e. The Morgan fingerprint density at radius 3 is 2.54 bits per heavy atom. The van der Waals surface area contributed by atoms with Crippen LogP contribution in [0.25, 0.3) is 11.5 Å². The fraction of sp³-hybridized carbons (Fsp3) is 0.294. The number of halogens is 3. The Kier molecular flexibility index (Phi) is 4.62. The highest BCUT2D eigenvalue weighted by molar-refractivity contribution is 5.58.